The van der Waals surface area contributed by atoms with Gasteiger partial charge < -0.3 is 28.8 Å². The topological polar surface area (TPSA) is 66.4 Å². The summed E-state index contributed by atoms with van der Waals surface area (Å²) >= 11 is 0. The van der Waals surface area contributed by atoms with E-state index in [1.807, 2.05) is 0 Å². The molecule has 6 heteroatoms. The van der Waals surface area contributed by atoms with Crippen LogP contribution in [0.4, 0.5) is 0 Å². The Balaban J connectivity index is 2.81. The van der Waals surface area contributed by atoms with Crippen molar-refractivity contribution >= 4 is 0 Å². The summed E-state index contributed by atoms with van der Waals surface area (Å²) in [4.78, 5) is 0. The number of methoxy groups -OCH3 is 3. The van der Waals surface area contributed by atoms with Crippen LogP contribution >= 0.6 is 0 Å². The predicted molar refractivity (Wildman–Crippen MR) is 63.8 cm³/mol. The normalized spacial score (nSPS) is 22.7. The van der Waals surface area contributed by atoms with E-state index in [0.717, 1.165) is 0 Å². The van der Waals surface area contributed by atoms with Crippen molar-refractivity contribution in [2.75, 3.05) is 27.9 Å². The monoisotopic (exact) mass is 262 g/mol. The smallest absolute Gasteiger partial charge is 0.244 e. The Morgan fingerprint density at radius 1 is 1.22 bits per heavy atom. The van der Waals surface area contributed by atoms with Crippen LogP contribution in [-0.2, 0) is 23.7 Å². The quantitative estimate of drug-likeness (QED) is 0.726. The molecule has 3 unspecified atom stereocenters. The van der Waals surface area contributed by atoms with E-state index in [1.165, 1.54) is 27.6 Å². The van der Waals surface area contributed by atoms with E-state index in [9.17, 15) is 5.11 Å². The van der Waals surface area contributed by atoms with Crippen LogP contribution in [0.15, 0.2) is 12.0 Å². The second kappa shape index (κ2) is 6.38. The molecule has 1 N–H and O–H groups in total. The van der Waals surface area contributed by atoms with Gasteiger partial charge in [-0.25, -0.2) is 0 Å². The zero-order valence-corrected chi connectivity index (χ0v) is 11.5. The molecule has 106 valence electrons. The van der Waals surface area contributed by atoms with Crippen LogP contribution < -0.4 is 0 Å². The molecule has 0 aliphatic carbocycles. The van der Waals surface area contributed by atoms with E-state index in [4.69, 9.17) is 23.7 Å². The summed E-state index contributed by atoms with van der Waals surface area (Å²) in [6.45, 7) is 3.42. The summed E-state index contributed by atoms with van der Waals surface area (Å²) in [5.74, 6) is -0.198. The lowest BCUT2D eigenvalue weighted by molar-refractivity contribution is -0.152. The Morgan fingerprint density at radius 2 is 1.89 bits per heavy atom. The summed E-state index contributed by atoms with van der Waals surface area (Å²) in [6, 6.07) is 0. The lowest BCUT2D eigenvalue weighted by Gasteiger charge is -2.30. The Morgan fingerprint density at radius 3 is 2.22 bits per heavy atom. The van der Waals surface area contributed by atoms with Gasteiger partial charge in [-0.1, -0.05) is 0 Å². The van der Waals surface area contributed by atoms with Crippen LogP contribution in [0.5, 0.6) is 0 Å². The first-order chi connectivity index (χ1) is 8.49. The van der Waals surface area contributed by atoms with Gasteiger partial charge in [-0.3, -0.25) is 0 Å². The molecule has 0 aromatic carbocycles. The Kier molecular flexibility index (Phi) is 5.40. The van der Waals surface area contributed by atoms with E-state index in [-0.39, 0.29) is 6.61 Å². The molecule has 0 saturated heterocycles. The molecule has 0 fully saturated rings. The Bertz CT molecular complexity index is 284. The summed E-state index contributed by atoms with van der Waals surface area (Å²) in [7, 11) is 4.57. The maximum absolute atomic E-state index is 9.27. The SMILES string of the molecule is COC(CO)C(OC)C(OC)C1=COC(C)(C)O1. The van der Waals surface area contributed by atoms with Crippen LogP contribution in [0.1, 0.15) is 13.8 Å². The summed E-state index contributed by atoms with van der Waals surface area (Å²) in [5, 5.41) is 9.27. The first-order valence-electron chi connectivity index (χ1n) is 5.75. The van der Waals surface area contributed by atoms with Gasteiger partial charge in [0.2, 0.25) is 5.79 Å². The van der Waals surface area contributed by atoms with Gasteiger partial charge in [0.25, 0.3) is 0 Å². The molecule has 6 nitrogen and oxygen atoms in total. The number of hydrogen-bond donors (Lipinski definition) is 1. The molecule has 0 saturated carbocycles. The fourth-order valence-corrected chi connectivity index (χ4v) is 1.85. The largest absolute Gasteiger partial charge is 0.457 e. The van der Waals surface area contributed by atoms with Crippen LogP contribution in [0.25, 0.3) is 0 Å². The molecule has 1 aliphatic heterocycles. The van der Waals surface area contributed by atoms with Crippen molar-refractivity contribution in [3.63, 3.8) is 0 Å². The minimum absolute atomic E-state index is 0.174. The zero-order chi connectivity index (χ0) is 13.8. The fraction of sp³-hybridized carbons (Fsp3) is 0.833. The lowest BCUT2D eigenvalue weighted by Crippen LogP contribution is -2.44. The molecule has 1 rings (SSSR count). The highest BCUT2D eigenvalue weighted by atomic mass is 16.7. The summed E-state index contributed by atoms with van der Waals surface area (Å²) < 4.78 is 26.9. The van der Waals surface area contributed by atoms with Gasteiger partial charge in [0.1, 0.15) is 24.6 Å². The fourth-order valence-electron chi connectivity index (χ4n) is 1.85. The first-order valence-corrected chi connectivity index (χ1v) is 5.75. The number of hydrogen-bond acceptors (Lipinski definition) is 6. The minimum Gasteiger partial charge on any atom is -0.457 e. The van der Waals surface area contributed by atoms with Crippen LogP contribution in [0.3, 0.4) is 0 Å². The average molecular weight is 262 g/mol. The van der Waals surface area contributed by atoms with Gasteiger partial charge in [0.15, 0.2) is 5.76 Å². The zero-order valence-electron chi connectivity index (χ0n) is 11.5. The van der Waals surface area contributed by atoms with Crippen molar-refractivity contribution in [3.8, 4) is 0 Å². The van der Waals surface area contributed by atoms with E-state index in [0.29, 0.717) is 5.76 Å². The molecule has 0 spiro atoms. The molecule has 0 amide bonds. The van der Waals surface area contributed by atoms with E-state index in [1.54, 1.807) is 13.8 Å². The van der Waals surface area contributed by atoms with Gasteiger partial charge in [0, 0.05) is 35.2 Å². The average Bonchev–Trinajstić information content (AvgIpc) is 2.69. The van der Waals surface area contributed by atoms with Crippen LogP contribution in [0, 0.1) is 0 Å². The predicted octanol–water partition coefficient (Wildman–Crippen LogP) is 0.648. The molecular weight excluding hydrogens is 240 g/mol. The number of ether oxygens (including phenoxy) is 5. The third-order valence-electron chi connectivity index (χ3n) is 2.78. The van der Waals surface area contributed by atoms with Crippen molar-refractivity contribution < 1.29 is 28.8 Å². The Hall–Kier alpha value is -0.820. The third-order valence-corrected chi connectivity index (χ3v) is 2.78. The first kappa shape index (κ1) is 15.2. The lowest BCUT2D eigenvalue weighted by atomic mass is 10.1. The number of aliphatic hydroxyl groups is 1. The van der Waals surface area contributed by atoms with E-state index < -0.39 is 24.1 Å². The highest BCUT2D eigenvalue weighted by Crippen LogP contribution is 2.30. The van der Waals surface area contributed by atoms with Gasteiger partial charge in [0.05, 0.1) is 6.61 Å². The molecule has 1 aliphatic rings. The van der Waals surface area contributed by atoms with Crippen molar-refractivity contribution in [2.24, 2.45) is 0 Å². The van der Waals surface area contributed by atoms with Gasteiger partial charge >= 0.3 is 0 Å². The van der Waals surface area contributed by atoms with Gasteiger partial charge in [-0.15, -0.1) is 0 Å². The third kappa shape index (κ3) is 3.35. The molecule has 0 bridgehead atoms. The van der Waals surface area contributed by atoms with Crippen LogP contribution in [-0.4, -0.2) is 57.1 Å². The maximum Gasteiger partial charge on any atom is 0.244 e. The molecule has 0 radical (unpaired) electrons. The van der Waals surface area contributed by atoms with Crippen molar-refractivity contribution in [1.82, 2.24) is 0 Å². The van der Waals surface area contributed by atoms with Crippen molar-refractivity contribution in [2.45, 2.75) is 37.9 Å². The van der Waals surface area contributed by atoms with Crippen molar-refractivity contribution in [1.29, 1.82) is 0 Å². The van der Waals surface area contributed by atoms with Crippen molar-refractivity contribution in [3.05, 3.63) is 12.0 Å². The number of aliphatic hydroxyl groups excluding tert-OH is 1. The summed E-state index contributed by atoms with van der Waals surface area (Å²) in [6.07, 6.45) is 0.000346. The van der Waals surface area contributed by atoms with E-state index >= 15 is 0 Å². The standard InChI is InChI=1S/C12H22O6/c1-12(2)17-7-9(18-12)11(16-5)10(15-4)8(6-13)14-3/h7-8,10-11,13H,6H2,1-5H3. The highest BCUT2D eigenvalue weighted by Gasteiger charge is 2.39. The second-order valence-corrected chi connectivity index (χ2v) is 4.45. The van der Waals surface area contributed by atoms with Crippen LogP contribution in [0.2, 0.25) is 0 Å². The molecule has 3 atom stereocenters. The number of rotatable bonds is 7. The Labute approximate surface area is 107 Å². The summed E-state index contributed by atoms with van der Waals surface area (Å²) in [5.41, 5.74) is 0. The van der Waals surface area contributed by atoms with E-state index in [2.05, 4.69) is 0 Å². The van der Waals surface area contributed by atoms with Gasteiger partial charge in [-0.2, -0.15) is 0 Å². The molecule has 0 aromatic rings. The molecular formula is C12H22O6. The minimum atomic E-state index is -0.716. The second-order valence-electron chi connectivity index (χ2n) is 4.45. The van der Waals surface area contributed by atoms with Gasteiger partial charge in [-0.05, 0) is 0 Å². The molecule has 18 heavy (non-hydrogen) atoms. The molecule has 1 heterocycles. The highest BCUT2D eigenvalue weighted by molar-refractivity contribution is 5.06. The molecule has 0 aromatic heterocycles. The maximum atomic E-state index is 9.27.